The zero-order valence-electron chi connectivity index (χ0n) is 15.8. The van der Waals surface area contributed by atoms with Crippen LogP contribution in [0.4, 0.5) is 0 Å². The molecule has 1 N–H and O–H groups in total. The minimum Gasteiger partial charge on any atom is -0.389 e. The molecule has 1 saturated heterocycles. The van der Waals surface area contributed by atoms with Crippen LogP contribution in [-0.2, 0) is 22.6 Å². The molecule has 5 nitrogen and oxygen atoms in total. The van der Waals surface area contributed by atoms with E-state index in [0.717, 1.165) is 51.5 Å². The first-order valence-corrected chi connectivity index (χ1v) is 10.5. The molecule has 0 spiro atoms. The number of hydrogen-bond acceptors (Lipinski definition) is 6. The van der Waals surface area contributed by atoms with Gasteiger partial charge in [0.25, 0.3) is 0 Å². The second kappa shape index (κ2) is 11.5. The van der Waals surface area contributed by atoms with Crippen LogP contribution in [0, 0.1) is 0 Å². The summed E-state index contributed by atoms with van der Waals surface area (Å²) in [4.78, 5) is 6.09. The van der Waals surface area contributed by atoms with E-state index in [-0.39, 0.29) is 0 Å². The molecule has 0 aliphatic carbocycles. The first kappa shape index (κ1) is 20.5. The summed E-state index contributed by atoms with van der Waals surface area (Å²) in [6.45, 7) is 7.96. The molecule has 1 aromatic heterocycles. The first-order chi connectivity index (χ1) is 13.3. The molecule has 1 aliphatic rings. The van der Waals surface area contributed by atoms with Gasteiger partial charge in [-0.3, -0.25) is 9.80 Å². The van der Waals surface area contributed by atoms with E-state index in [1.54, 1.807) is 11.3 Å². The first-order valence-electron chi connectivity index (χ1n) is 9.64. The highest BCUT2D eigenvalue weighted by atomic mass is 32.1. The van der Waals surface area contributed by atoms with Crippen molar-refractivity contribution in [3.05, 3.63) is 58.3 Å². The average Bonchev–Trinajstić information content (AvgIpc) is 3.21. The largest absolute Gasteiger partial charge is 0.389 e. The van der Waals surface area contributed by atoms with E-state index in [1.807, 2.05) is 30.3 Å². The van der Waals surface area contributed by atoms with Crippen molar-refractivity contribution in [3.8, 4) is 0 Å². The number of nitrogens with zero attached hydrogens (tertiary/aromatic N) is 2. The number of thiophene rings is 1. The van der Waals surface area contributed by atoms with E-state index >= 15 is 0 Å². The van der Waals surface area contributed by atoms with Crippen molar-refractivity contribution in [1.82, 2.24) is 9.80 Å². The Balaban J connectivity index is 1.44. The van der Waals surface area contributed by atoms with Gasteiger partial charge < -0.3 is 14.6 Å². The average molecular weight is 391 g/mol. The number of rotatable bonds is 11. The van der Waals surface area contributed by atoms with Crippen LogP contribution in [0.3, 0.4) is 0 Å². The fraction of sp³-hybridized carbons (Fsp3) is 0.524. The maximum atomic E-state index is 10.5. The van der Waals surface area contributed by atoms with Crippen molar-refractivity contribution in [2.24, 2.45) is 0 Å². The monoisotopic (exact) mass is 390 g/mol. The molecule has 1 aliphatic heterocycles. The third-order valence-corrected chi connectivity index (χ3v) is 5.55. The van der Waals surface area contributed by atoms with E-state index in [9.17, 15) is 5.11 Å². The second-order valence-electron chi connectivity index (χ2n) is 6.92. The molecular formula is C21H30N2O3S. The van der Waals surface area contributed by atoms with Crippen molar-refractivity contribution in [1.29, 1.82) is 0 Å². The summed E-state index contributed by atoms with van der Waals surface area (Å²) < 4.78 is 11.1. The summed E-state index contributed by atoms with van der Waals surface area (Å²) in [6, 6.07) is 14.3. The van der Waals surface area contributed by atoms with E-state index in [4.69, 9.17) is 9.47 Å². The van der Waals surface area contributed by atoms with Crippen LogP contribution in [0.5, 0.6) is 0 Å². The Labute approximate surface area is 166 Å². The van der Waals surface area contributed by atoms with Gasteiger partial charge in [-0.1, -0.05) is 36.4 Å². The zero-order chi connectivity index (χ0) is 18.7. The second-order valence-corrected chi connectivity index (χ2v) is 7.96. The molecule has 6 heteroatoms. The summed E-state index contributed by atoms with van der Waals surface area (Å²) >= 11 is 1.77. The Morgan fingerprint density at radius 3 is 2.70 bits per heavy atom. The Kier molecular flexibility index (Phi) is 8.74. The molecule has 1 unspecified atom stereocenters. The summed E-state index contributed by atoms with van der Waals surface area (Å²) in [5.41, 5.74) is 1.13. The van der Waals surface area contributed by atoms with Crippen LogP contribution < -0.4 is 0 Å². The minimum atomic E-state index is -0.488. The van der Waals surface area contributed by atoms with Gasteiger partial charge in [0.05, 0.1) is 32.5 Å². The maximum absolute atomic E-state index is 10.5. The third kappa shape index (κ3) is 7.70. The molecule has 0 amide bonds. The van der Waals surface area contributed by atoms with Crippen molar-refractivity contribution in [2.45, 2.75) is 19.3 Å². The van der Waals surface area contributed by atoms with Gasteiger partial charge in [-0.15, -0.1) is 11.3 Å². The zero-order valence-corrected chi connectivity index (χ0v) is 16.7. The lowest BCUT2D eigenvalue weighted by atomic mass is 10.2. The third-order valence-electron chi connectivity index (χ3n) is 4.69. The number of hydrogen-bond donors (Lipinski definition) is 1. The molecule has 2 heterocycles. The van der Waals surface area contributed by atoms with Crippen molar-refractivity contribution in [3.63, 3.8) is 0 Å². The summed E-state index contributed by atoms with van der Waals surface area (Å²) in [6.07, 6.45) is -0.488. The van der Waals surface area contributed by atoms with E-state index < -0.39 is 6.10 Å². The number of aliphatic hydroxyl groups is 1. The number of ether oxygens (including phenoxy) is 2. The molecule has 1 aromatic carbocycles. The van der Waals surface area contributed by atoms with Crippen molar-refractivity contribution in [2.75, 3.05) is 52.5 Å². The normalized spacial score (nSPS) is 16.7. The van der Waals surface area contributed by atoms with Gasteiger partial charge in [-0.25, -0.2) is 0 Å². The molecule has 0 radical (unpaired) electrons. The standard InChI is InChI=1S/C21H30N2O3S/c24-20(18-26-17-19-5-2-1-3-6-19)15-23(16-21-7-4-14-27-21)9-8-22-10-12-25-13-11-22/h1-7,14,20,24H,8-13,15-18H2. The molecule has 27 heavy (non-hydrogen) atoms. The van der Waals surface area contributed by atoms with Gasteiger partial charge in [0.2, 0.25) is 0 Å². The van der Waals surface area contributed by atoms with Crippen LogP contribution in [0.25, 0.3) is 0 Å². The highest BCUT2D eigenvalue weighted by Gasteiger charge is 2.16. The molecule has 0 bridgehead atoms. The van der Waals surface area contributed by atoms with Crippen LogP contribution in [0.15, 0.2) is 47.8 Å². The highest BCUT2D eigenvalue weighted by molar-refractivity contribution is 7.09. The fourth-order valence-electron chi connectivity index (χ4n) is 3.20. The summed E-state index contributed by atoms with van der Waals surface area (Å²) in [5.74, 6) is 0. The fourth-order valence-corrected chi connectivity index (χ4v) is 3.95. The summed E-state index contributed by atoms with van der Waals surface area (Å²) in [5, 5.41) is 12.6. The topological polar surface area (TPSA) is 45.2 Å². The number of benzene rings is 1. The Morgan fingerprint density at radius 1 is 1.15 bits per heavy atom. The smallest absolute Gasteiger partial charge is 0.0900 e. The van der Waals surface area contributed by atoms with E-state index in [1.165, 1.54) is 4.88 Å². The minimum absolute atomic E-state index is 0.355. The van der Waals surface area contributed by atoms with Crippen molar-refractivity contribution >= 4 is 11.3 Å². The quantitative estimate of drug-likeness (QED) is 0.639. The highest BCUT2D eigenvalue weighted by Crippen LogP contribution is 2.13. The lowest BCUT2D eigenvalue weighted by Crippen LogP contribution is -2.43. The predicted octanol–water partition coefficient (Wildman–Crippen LogP) is 2.46. The molecule has 3 rings (SSSR count). The van der Waals surface area contributed by atoms with E-state index in [2.05, 4.69) is 27.3 Å². The van der Waals surface area contributed by atoms with Gasteiger partial charge in [0, 0.05) is 44.1 Å². The Hall–Kier alpha value is -1.28. The maximum Gasteiger partial charge on any atom is 0.0900 e. The molecule has 1 fully saturated rings. The van der Waals surface area contributed by atoms with Crippen LogP contribution in [0.2, 0.25) is 0 Å². The van der Waals surface area contributed by atoms with E-state index in [0.29, 0.717) is 19.8 Å². The van der Waals surface area contributed by atoms with Gasteiger partial charge in [0.1, 0.15) is 0 Å². The molecular weight excluding hydrogens is 360 g/mol. The molecule has 0 saturated carbocycles. The van der Waals surface area contributed by atoms with Crippen LogP contribution in [-0.4, -0.2) is 73.6 Å². The van der Waals surface area contributed by atoms with Crippen molar-refractivity contribution < 1.29 is 14.6 Å². The summed E-state index contributed by atoms with van der Waals surface area (Å²) in [7, 11) is 0. The lowest BCUT2D eigenvalue weighted by molar-refractivity contribution is 0.00227. The molecule has 1 atom stereocenters. The lowest BCUT2D eigenvalue weighted by Gasteiger charge is -2.30. The van der Waals surface area contributed by atoms with Crippen LogP contribution >= 0.6 is 11.3 Å². The predicted molar refractivity (Wildman–Crippen MR) is 109 cm³/mol. The number of morpholine rings is 1. The Bertz CT molecular complexity index is 618. The molecule has 2 aromatic rings. The Morgan fingerprint density at radius 2 is 1.96 bits per heavy atom. The van der Waals surface area contributed by atoms with Gasteiger partial charge in [0.15, 0.2) is 0 Å². The van der Waals surface area contributed by atoms with Gasteiger partial charge in [-0.05, 0) is 17.0 Å². The van der Waals surface area contributed by atoms with Gasteiger partial charge in [-0.2, -0.15) is 0 Å². The molecule has 148 valence electrons. The van der Waals surface area contributed by atoms with Gasteiger partial charge >= 0.3 is 0 Å². The number of aliphatic hydroxyl groups excluding tert-OH is 1. The van der Waals surface area contributed by atoms with Crippen LogP contribution in [0.1, 0.15) is 10.4 Å². The SMILES string of the molecule is OC(COCc1ccccc1)CN(CCN1CCOCC1)Cc1cccs1.